The van der Waals surface area contributed by atoms with Gasteiger partial charge in [-0.05, 0) is 50.3 Å². The summed E-state index contributed by atoms with van der Waals surface area (Å²) >= 11 is 0. The van der Waals surface area contributed by atoms with Crippen LogP contribution in [0.15, 0.2) is 24.3 Å². The molecule has 0 bridgehead atoms. The maximum atomic E-state index is 13.6. The number of carbonyl (C=O) groups is 1. The molecule has 1 aromatic rings. The highest BCUT2D eigenvalue weighted by atomic mass is 19.1. The quantitative estimate of drug-likeness (QED) is 0.876. The van der Waals surface area contributed by atoms with Crippen LogP contribution in [0, 0.1) is 11.7 Å². The third-order valence-corrected chi connectivity index (χ3v) is 4.18. The highest BCUT2D eigenvalue weighted by Crippen LogP contribution is 2.30. The van der Waals surface area contributed by atoms with Gasteiger partial charge in [-0.25, -0.2) is 9.18 Å². The Kier molecular flexibility index (Phi) is 4.39. The molecule has 0 spiro atoms. The van der Waals surface area contributed by atoms with Crippen LogP contribution in [0.1, 0.15) is 25.7 Å². The van der Waals surface area contributed by atoms with Crippen molar-refractivity contribution in [2.24, 2.45) is 5.92 Å². The molecule has 0 radical (unpaired) electrons. The second-order valence-corrected chi connectivity index (χ2v) is 6.05. The van der Waals surface area contributed by atoms with E-state index in [1.165, 1.54) is 18.9 Å². The van der Waals surface area contributed by atoms with Crippen molar-refractivity contribution in [1.82, 2.24) is 10.2 Å². The molecule has 1 heterocycles. The van der Waals surface area contributed by atoms with E-state index in [-0.39, 0.29) is 11.7 Å². The molecule has 0 aromatic heterocycles. The van der Waals surface area contributed by atoms with Gasteiger partial charge in [-0.2, -0.15) is 0 Å². The molecule has 114 valence electrons. The molecule has 4 nitrogen and oxygen atoms in total. The van der Waals surface area contributed by atoms with Crippen molar-refractivity contribution in [1.29, 1.82) is 0 Å². The summed E-state index contributed by atoms with van der Waals surface area (Å²) in [4.78, 5) is 14.3. The fourth-order valence-corrected chi connectivity index (χ4v) is 2.79. The molecular weight excluding hydrogens is 269 g/mol. The van der Waals surface area contributed by atoms with Crippen molar-refractivity contribution in [2.75, 3.05) is 25.0 Å². The molecule has 1 aliphatic heterocycles. The van der Waals surface area contributed by atoms with Gasteiger partial charge in [-0.3, -0.25) is 0 Å². The lowest BCUT2D eigenvalue weighted by atomic mass is 10.2. The molecule has 5 heteroatoms. The van der Waals surface area contributed by atoms with Crippen molar-refractivity contribution in [3.63, 3.8) is 0 Å². The Balaban J connectivity index is 1.63. The number of hydrogen-bond acceptors (Lipinski definition) is 2. The Morgan fingerprint density at radius 2 is 2.10 bits per heavy atom. The summed E-state index contributed by atoms with van der Waals surface area (Å²) in [7, 11) is 0. The Labute approximate surface area is 124 Å². The lowest BCUT2D eigenvalue weighted by Gasteiger charge is -2.26. The van der Waals surface area contributed by atoms with Crippen LogP contribution in [-0.4, -0.2) is 36.6 Å². The fourth-order valence-electron chi connectivity index (χ4n) is 2.79. The van der Waals surface area contributed by atoms with Crippen molar-refractivity contribution in [3.05, 3.63) is 30.1 Å². The van der Waals surface area contributed by atoms with E-state index in [4.69, 9.17) is 0 Å². The third-order valence-electron chi connectivity index (χ3n) is 4.18. The fraction of sp³-hybridized carbons (Fsp3) is 0.562. The zero-order chi connectivity index (χ0) is 14.7. The van der Waals surface area contributed by atoms with E-state index in [1.807, 2.05) is 4.90 Å². The van der Waals surface area contributed by atoms with Crippen LogP contribution in [0.2, 0.25) is 0 Å². The maximum Gasteiger partial charge on any atom is 0.321 e. The van der Waals surface area contributed by atoms with Gasteiger partial charge in [0.2, 0.25) is 0 Å². The summed E-state index contributed by atoms with van der Waals surface area (Å²) in [5, 5.41) is 6.12. The van der Waals surface area contributed by atoms with Crippen LogP contribution in [0.25, 0.3) is 0 Å². The number of carbonyl (C=O) groups excluding carboxylic acids is 1. The average molecular weight is 291 g/mol. The van der Waals surface area contributed by atoms with Gasteiger partial charge in [-0.15, -0.1) is 0 Å². The highest BCUT2D eigenvalue weighted by molar-refractivity contribution is 5.89. The number of anilines is 1. The monoisotopic (exact) mass is 291 g/mol. The van der Waals surface area contributed by atoms with Gasteiger partial charge < -0.3 is 15.5 Å². The summed E-state index contributed by atoms with van der Waals surface area (Å²) in [5.41, 5.74) is 0.252. The predicted octanol–water partition coefficient (Wildman–Crippen LogP) is 2.82. The molecule has 1 saturated heterocycles. The normalized spacial score (nSPS) is 21.3. The zero-order valence-corrected chi connectivity index (χ0v) is 12.1. The molecule has 1 aromatic carbocycles. The van der Waals surface area contributed by atoms with Gasteiger partial charge in [0.25, 0.3) is 0 Å². The number of nitrogens with one attached hydrogen (secondary N) is 2. The first-order valence-electron chi connectivity index (χ1n) is 7.76. The van der Waals surface area contributed by atoms with Gasteiger partial charge in [0.1, 0.15) is 5.82 Å². The summed E-state index contributed by atoms with van der Waals surface area (Å²) in [6, 6.07) is 6.48. The van der Waals surface area contributed by atoms with Gasteiger partial charge in [0.05, 0.1) is 5.69 Å². The van der Waals surface area contributed by atoms with E-state index in [9.17, 15) is 9.18 Å². The zero-order valence-electron chi connectivity index (χ0n) is 12.1. The molecule has 21 heavy (non-hydrogen) atoms. The Morgan fingerprint density at radius 1 is 1.29 bits per heavy atom. The number of para-hydroxylation sites is 1. The number of hydrogen-bond donors (Lipinski definition) is 2. The number of nitrogens with zero attached hydrogens (tertiary/aromatic N) is 1. The minimum Gasteiger partial charge on any atom is -0.323 e. The smallest absolute Gasteiger partial charge is 0.321 e. The molecule has 2 aliphatic rings. The van der Waals surface area contributed by atoms with Crippen LogP contribution >= 0.6 is 0 Å². The standard InChI is InChI=1S/C16H22FN3O/c17-14-5-1-2-6-15(14)19-16(21)20(10-12-7-8-12)11-13-4-3-9-18-13/h1-2,5-6,12-13,18H,3-4,7-11H2,(H,19,21). The van der Waals surface area contributed by atoms with E-state index < -0.39 is 5.82 Å². The molecule has 1 saturated carbocycles. The second-order valence-electron chi connectivity index (χ2n) is 6.05. The second kappa shape index (κ2) is 6.43. The topological polar surface area (TPSA) is 44.4 Å². The highest BCUT2D eigenvalue weighted by Gasteiger charge is 2.29. The Bertz CT molecular complexity index is 498. The lowest BCUT2D eigenvalue weighted by Crippen LogP contribution is -2.44. The van der Waals surface area contributed by atoms with E-state index in [0.29, 0.717) is 18.5 Å². The molecule has 3 rings (SSSR count). The number of amides is 2. The van der Waals surface area contributed by atoms with Crippen molar-refractivity contribution < 1.29 is 9.18 Å². The Morgan fingerprint density at radius 3 is 2.76 bits per heavy atom. The minimum absolute atomic E-state index is 0.194. The number of benzene rings is 1. The van der Waals surface area contributed by atoms with Crippen molar-refractivity contribution in [3.8, 4) is 0 Å². The molecule has 1 atom stereocenters. The van der Waals surface area contributed by atoms with Gasteiger partial charge in [0, 0.05) is 19.1 Å². The van der Waals surface area contributed by atoms with Crippen LogP contribution in [0.4, 0.5) is 14.9 Å². The van der Waals surface area contributed by atoms with Gasteiger partial charge >= 0.3 is 6.03 Å². The summed E-state index contributed by atoms with van der Waals surface area (Å²) in [6.45, 7) is 2.51. The van der Waals surface area contributed by atoms with E-state index in [0.717, 1.165) is 25.9 Å². The summed E-state index contributed by atoms with van der Waals surface area (Å²) < 4.78 is 13.6. The van der Waals surface area contributed by atoms with Crippen LogP contribution in [0.5, 0.6) is 0 Å². The molecular formula is C16H22FN3O. The predicted molar refractivity (Wildman–Crippen MR) is 80.7 cm³/mol. The number of rotatable bonds is 5. The van der Waals surface area contributed by atoms with E-state index >= 15 is 0 Å². The Hall–Kier alpha value is -1.62. The van der Waals surface area contributed by atoms with Crippen LogP contribution in [0.3, 0.4) is 0 Å². The number of urea groups is 1. The van der Waals surface area contributed by atoms with E-state index in [1.54, 1.807) is 18.2 Å². The molecule has 1 unspecified atom stereocenters. The molecule has 2 N–H and O–H groups in total. The van der Waals surface area contributed by atoms with Crippen molar-refractivity contribution in [2.45, 2.75) is 31.7 Å². The minimum atomic E-state index is -0.392. The first-order chi connectivity index (χ1) is 10.2. The SMILES string of the molecule is O=C(Nc1ccccc1F)N(CC1CC1)CC1CCCN1. The van der Waals surface area contributed by atoms with Crippen LogP contribution < -0.4 is 10.6 Å². The molecule has 2 amide bonds. The maximum absolute atomic E-state index is 13.6. The third kappa shape index (κ3) is 3.94. The van der Waals surface area contributed by atoms with Crippen molar-refractivity contribution >= 4 is 11.7 Å². The first kappa shape index (κ1) is 14.3. The number of halogens is 1. The molecule has 1 aliphatic carbocycles. The summed E-state index contributed by atoms with van der Waals surface area (Å²) in [6.07, 6.45) is 4.66. The molecule has 2 fully saturated rings. The first-order valence-corrected chi connectivity index (χ1v) is 7.76. The largest absolute Gasteiger partial charge is 0.323 e. The van der Waals surface area contributed by atoms with E-state index in [2.05, 4.69) is 10.6 Å². The summed E-state index contributed by atoms with van der Waals surface area (Å²) in [5.74, 6) is 0.231. The lowest BCUT2D eigenvalue weighted by molar-refractivity contribution is 0.203. The average Bonchev–Trinajstić information content (AvgIpc) is 3.14. The van der Waals surface area contributed by atoms with Gasteiger partial charge in [-0.1, -0.05) is 12.1 Å². The van der Waals surface area contributed by atoms with Crippen LogP contribution in [-0.2, 0) is 0 Å². The van der Waals surface area contributed by atoms with Gasteiger partial charge in [0.15, 0.2) is 0 Å².